The summed E-state index contributed by atoms with van der Waals surface area (Å²) < 4.78 is 60.2. The Balaban J connectivity index is 1.43. The van der Waals surface area contributed by atoms with E-state index in [-0.39, 0.29) is 28.1 Å². The number of benzene rings is 4. The first-order valence-corrected chi connectivity index (χ1v) is 13.7. The van der Waals surface area contributed by atoms with Crippen LogP contribution < -0.4 is 10.2 Å². The van der Waals surface area contributed by atoms with Crippen LogP contribution >= 0.6 is 31.9 Å². The number of aromatic amines is 1. The average molecular weight is 703 g/mol. The van der Waals surface area contributed by atoms with E-state index >= 15 is 0 Å². The van der Waals surface area contributed by atoms with Gasteiger partial charge < -0.3 is 9.72 Å². The van der Waals surface area contributed by atoms with E-state index in [1.54, 1.807) is 42.5 Å². The van der Waals surface area contributed by atoms with Gasteiger partial charge in [0.25, 0.3) is 5.91 Å². The molecule has 2 N–H and O–H groups in total. The first-order chi connectivity index (χ1) is 20.0. The predicted octanol–water partition coefficient (Wildman–Crippen LogP) is 8.50. The molecule has 0 aliphatic rings. The highest BCUT2D eigenvalue weighted by Crippen LogP contribution is 2.35. The van der Waals surface area contributed by atoms with Crippen molar-refractivity contribution in [2.24, 2.45) is 5.10 Å². The molecular weight excluding hydrogens is 686 g/mol. The molecule has 0 fully saturated rings. The molecule has 0 bridgehead atoms. The molecule has 42 heavy (non-hydrogen) atoms. The molecule has 0 atom stereocenters. The van der Waals surface area contributed by atoms with Crippen molar-refractivity contribution in [3.8, 4) is 16.9 Å². The number of H-pyrrole nitrogens is 1. The zero-order valence-electron chi connectivity index (χ0n) is 21.1. The monoisotopic (exact) mass is 701 g/mol. The summed E-state index contributed by atoms with van der Waals surface area (Å²) >= 11 is 6.61. The Hall–Kier alpha value is -4.29. The summed E-state index contributed by atoms with van der Waals surface area (Å²) in [5.41, 5.74) is 2.70. The molecule has 1 amide bonds. The lowest BCUT2D eigenvalue weighted by Gasteiger charge is -2.12. The van der Waals surface area contributed by atoms with E-state index in [1.165, 1.54) is 24.4 Å². The highest BCUT2D eigenvalue weighted by molar-refractivity contribution is 9.11. The van der Waals surface area contributed by atoms with E-state index in [9.17, 15) is 27.2 Å². The van der Waals surface area contributed by atoms with Crippen LogP contribution in [0.3, 0.4) is 0 Å². The fourth-order valence-corrected chi connectivity index (χ4v) is 5.57. The van der Waals surface area contributed by atoms with E-state index in [0.29, 0.717) is 31.5 Å². The van der Waals surface area contributed by atoms with Crippen molar-refractivity contribution in [1.82, 2.24) is 10.4 Å². The number of alkyl halides is 3. The number of hydrogen-bond acceptors (Lipinski definition) is 4. The molecule has 6 nitrogen and oxygen atoms in total. The molecule has 0 saturated carbocycles. The molecule has 0 aliphatic heterocycles. The van der Waals surface area contributed by atoms with E-state index < -0.39 is 29.4 Å². The lowest BCUT2D eigenvalue weighted by atomic mass is 10.0. The maximum atomic E-state index is 14.6. The second-order valence-electron chi connectivity index (χ2n) is 8.88. The number of halogens is 6. The lowest BCUT2D eigenvalue weighted by Crippen LogP contribution is -2.19. The van der Waals surface area contributed by atoms with Crippen molar-refractivity contribution in [1.29, 1.82) is 0 Å². The Morgan fingerprint density at radius 3 is 2.40 bits per heavy atom. The summed E-state index contributed by atoms with van der Waals surface area (Å²) in [6.07, 6.45) is -3.44. The van der Waals surface area contributed by atoms with E-state index in [4.69, 9.17) is 4.74 Å². The van der Waals surface area contributed by atoms with Crippen LogP contribution in [-0.2, 0) is 6.18 Å². The quantitative estimate of drug-likeness (QED) is 0.0612. The molecule has 12 heteroatoms. The zero-order chi connectivity index (χ0) is 30.0. The van der Waals surface area contributed by atoms with Crippen LogP contribution in [0.15, 0.2) is 99.0 Å². The van der Waals surface area contributed by atoms with Crippen molar-refractivity contribution >= 4 is 60.9 Å². The molecule has 0 aliphatic carbocycles. The largest absolute Gasteiger partial charge is 0.421 e. The number of hydrazone groups is 1. The fraction of sp³-hybridized carbons (Fsp3) is 0.0333. The molecular formula is C30H17Br2F4N3O3. The number of para-hydroxylation sites is 1. The van der Waals surface area contributed by atoms with Crippen LogP contribution in [0.5, 0.6) is 5.75 Å². The molecule has 5 aromatic rings. The fourth-order valence-electron chi connectivity index (χ4n) is 4.23. The first-order valence-electron chi connectivity index (χ1n) is 12.1. The van der Waals surface area contributed by atoms with Gasteiger partial charge in [-0.25, -0.2) is 14.6 Å². The van der Waals surface area contributed by atoms with Gasteiger partial charge in [0.1, 0.15) is 11.5 Å². The maximum Gasteiger partial charge on any atom is 0.416 e. The molecule has 1 heterocycles. The molecule has 5 rings (SSSR count). The van der Waals surface area contributed by atoms with Gasteiger partial charge >= 0.3 is 12.1 Å². The van der Waals surface area contributed by atoms with Gasteiger partial charge in [0, 0.05) is 21.0 Å². The number of amides is 1. The van der Waals surface area contributed by atoms with E-state index in [2.05, 4.69) is 47.4 Å². The number of esters is 1. The van der Waals surface area contributed by atoms with Crippen molar-refractivity contribution in [3.05, 3.63) is 122 Å². The van der Waals surface area contributed by atoms with Crippen molar-refractivity contribution < 1.29 is 31.9 Å². The van der Waals surface area contributed by atoms with Crippen molar-refractivity contribution in [2.45, 2.75) is 6.18 Å². The van der Waals surface area contributed by atoms with Crippen LogP contribution in [0.2, 0.25) is 0 Å². The topological polar surface area (TPSA) is 83.5 Å². The number of rotatable bonds is 6. The van der Waals surface area contributed by atoms with Crippen LogP contribution in [0.25, 0.3) is 22.0 Å². The summed E-state index contributed by atoms with van der Waals surface area (Å²) in [5.74, 6) is -2.28. The molecule has 0 saturated heterocycles. The molecule has 1 aromatic heterocycles. The van der Waals surface area contributed by atoms with Gasteiger partial charge in [-0.3, -0.25) is 4.79 Å². The summed E-state index contributed by atoms with van der Waals surface area (Å²) in [4.78, 5) is 28.8. The third-order valence-electron chi connectivity index (χ3n) is 6.10. The number of ether oxygens (including phenoxy) is 1. The van der Waals surface area contributed by atoms with Crippen LogP contribution in [-0.4, -0.2) is 23.1 Å². The van der Waals surface area contributed by atoms with Gasteiger partial charge in [-0.1, -0.05) is 64.5 Å². The Labute approximate surface area is 252 Å². The smallest absolute Gasteiger partial charge is 0.416 e. The van der Waals surface area contributed by atoms with E-state index in [1.807, 2.05) is 6.07 Å². The molecule has 212 valence electrons. The van der Waals surface area contributed by atoms with E-state index in [0.717, 1.165) is 12.1 Å². The van der Waals surface area contributed by atoms with Crippen molar-refractivity contribution in [2.75, 3.05) is 0 Å². The summed E-state index contributed by atoms with van der Waals surface area (Å²) in [5, 5.41) is 4.50. The van der Waals surface area contributed by atoms with Crippen LogP contribution in [0.1, 0.15) is 32.0 Å². The number of aromatic nitrogens is 1. The third-order valence-corrected chi connectivity index (χ3v) is 7.15. The average Bonchev–Trinajstić information content (AvgIpc) is 3.36. The third kappa shape index (κ3) is 6.14. The van der Waals surface area contributed by atoms with Gasteiger partial charge in [-0.2, -0.15) is 18.3 Å². The predicted molar refractivity (Wildman–Crippen MR) is 157 cm³/mol. The van der Waals surface area contributed by atoms with Crippen molar-refractivity contribution in [3.63, 3.8) is 0 Å². The molecule has 0 spiro atoms. The maximum absolute atomic E-state index is 14.6. The van der Waals surface area contributed by atoms with Gasteiger partial charge in [-0.05, 0) is 57.9 Å². The lowest BCUT2D eigenvalue weighted by molar-refractivity contribution is -0.137. The minimum Gasteiger partial charge on any atom is -0.421 e. The van der Waals surface area contributed by atoms with Gasteiger partial charge in [-0.15, -0.1) is 0 Å². The van der Waals surface area contributed by atoms with Gasteiger partial charge in [0.2, 0.25) is 0 Å². The summed E-state index contributed by atoms with van der Waals surface area (Å²) in [6.45, 7) is 0. The van der Waals surface area contributed by atoms with Gasteiger partial charge in [0.15, 0.2) is 5.75 Å². The SMILES string of the molecule is O=C(Oc1c(Br)cc(Br)cc1C=NNC(=O)c1[nH]c2c(F)cccc2c1-c1ccccc1)c1cccc(C(F)(F)F)c1. The first kappa shape index (κ1) is 29.2. The summed E-state index contributed by atoms with van der Waals surface area (Å²) in [7, 11) is 0. The number of nitrogens with zero attached hydrogens (tertiary/aromatic N) is 1. The van der Waals surface area contributed by atoms with Crippen LogP contribution in [0, 0.1) is 5.82 Å². The minimum atomic E-state index is -4.64. The second-order valence-corrected chi connectivity index (χ2v) is 10.6. The molecule has 4 aromatic carbocycles. The number of carbonyl (C=O) groups excluding carboxylic acids is 2. The number of hydrogen-bond donors (Lipinski definition) is 2. The number of nitrogens with one attached hydrogen (secondary N) is 2. The Kier molecular flexibility index (Phi) is 8.28. The number of carbonyl (C=O) groups is 2. The highest BCUT2D eigenvalue weighted by atomic mass is 79.9. The molecule has 0 unspecified atom stereocenters. The zero-order valence-corrected chi connectivity index (χ0v) is 24.3. The van der Waals surface area contributed by atoms with Gasteiger partial charge in [0.05, 0.1) is 27.3 Å². The highest BCUT2D eigenvalue weighted by Gasteiger charge is 2.31. The molecule has 0 radical (unpaired) electrons. The van der Waals surface area contributed by atoms with Crippen LogP contribution in [0.4, 0.5) is 17.6 Å². The number of fused-ring (bicyclic) bond motifs is 1. The Morgan fingerprint density at radius 1 is 0.929 bits per heavy atom. The normalized spacial score (nSPS) is 11.7. The Bertz CT molecular complexity index is 1850. The minimum absolute atomic E-state index is 0.0451. The summed E-state index contributed by atoms with van der Waals surface area (Å²) in [6, 6.07) is 20.4. The Morgan fingerprint density at radius 2 is 1.67 bits per heavy atom. The second kappa shape index (κ2) is 11.9. The standard InChI is InChI=1S/C30H17Br2F4N3O3/c31-20-13-18(27(22(32)14-20)42-29(41)17-8-4-9-19(12-17)30(34,35)36)15-37-39-28(40)26-24(16-6-2-1-3-7-16)21-10-5-11-23(33)25(21)38-26/h1-15,38H,(H,39,40).